The summed E-state index contributed by atoms with van der Waals surface area (Å²) in [6.45, 7) is 1.25. The molecule has 2 fully saturated rings. The Morgan fingerprint density at radius 2 is 1.72 bits per heavy atom. The van der Waals surface area contributed by atoms with Crippen molar-refractivity contribution in [3.05, 3.63) is 0 Å². The van der Waals surface area contributed by atoms with E-state index in [1.807, 2.05) is 0 Å². The summed E-state index contributed by atoms with van der Waals surface area (Å²) in [5.74, 6) is 1.06. The Morgan fingerprint density at radius 3 is 2.11 bits per heavy atom. The summed E-state index contributed by atoms with van der Waals surface area (Å²) in [6.07, 6.45) is 4.54. The second-order valence-corrected chi connectivity index (χ2v) is 8.24. The maximum atomic E-state index is 12.5. The van der Waals surface area contributed by atoms with Crippen LogP contribution in [0.25, 0.3) is 0 Å². The molecule has 2 aliphatic carbocycles. The van der Waals surface area contributed by atoms with Crippen LogP contribution >= 0.6 is 11.3 Å². The van der Waals surface area contributed by atoms with Crippen LogP contribution in [0.1, 0.15) is 25.7 Å². The van der Waals surface area contributed by atoms with Crippen molar-refractivity contribution in [2.75, 3.05) is 18.8 Å². The summed E-state index contributed by atoms with van der Waals surface area (Å²) in [5.41, 5.74) is 5.46. The summed E-state index contributed by atoms with van der Waals surface area (Å²) in [5, 5.41) is 7.47. The molecule has 1 heterocycles. The molecule has 0 aliphatic heterocycles. The number of nitrogen functional groups attached to an aromatic ring is 1. The minimum absolute atomic E-state index is 0.0290. The highest BCUT2D eigenvalue weighted by molar-refractivity contribution is 7.91. The summed E-state index contributed by atoms with van der Waals surface area (Å²) in [4.78, 5) is 0. The Morgan fingerprint density at radius 1 is 1.17 bits per heavy atom. The smallest absolute Gasteiger partial charge is 0.272 e. The molecule has 2 saturated carbocycles. The summed E-state index contributed by atoms with van der Waals surface area (Å²) < 4.78 is 26.5. The van der Waals surface area contributed by atoms with E-state index in [4.69, 9.17) is 5.73 Å². The predicted molar refractivity (Wildman–Crippen MR) is 68.5 cm³/mol. The standard InChI is InChI=1S/C10H16N4O2S2/c11-9-12-13-10(17-9)18(15,16)14(5-7-1-2-7)6-8-3-4-8/h7-8H,1-6H2,(H2,11,12). The molecular weight excluding hydrogens is 272 g/mol. The van der Waals surface area contributed by atoms with Gasteiger partial charge in [-0.05, 0) is 37.5 Å². The number of rotatable bonds is 6. The summed E-state index contributed by atoms with van der Waals surface area (Å²) in [6, 6.07) is 0. The van der Waals surface area contributed by atoms with Gasteiger partial charge in [0.25, 0.3) is 10.0 Å². The first-order valence-electron chi connectivity index (χ1n) is 6.15. The number of hydrogen-bond donors (Lipinski definition) is 1. The molecule has 8 heteroatoms. The zero-order valence-corrected chi connectivity index (χ0v) is 11.6. The van der Waals surface area contributed by atoms with Gasteiger partial charge in [0.1, 0.15) is 0 Å². The Hall–Kier alpha value is -0.730. The molecule has 0 saturated heterocycles. The minimum atomic E-state index is -3.49. The first kappa shape index (κ1) is 12.3. The highest BCUT2D eigenvalue weighted by Gasteiger charge is 2.37. The fraction of sp³-hybridized carbons (Fsp3) is 0.800. The first-order valence-corrected chi connectivity index (χ1v) is 8.40. The van der Waals surface area contributed by atoms with E-state index in [1.165, 1.54) is 0 Å². The zero-order chi connectivity index (χ0) is 12.8. The second kappa shape index (κ2) is 4.43. The maximum absolute atomic E-state index is 12.5. The molecule has 0 aromatic carbocycles. The van der Waals surface area contributed by atoms with Gasteiger partial charge in [0.2, 0.25) is 9.47 Å². The number of nitrogens with zero attached hydrogens (tertiary/aromatic N) is 3. The van der Waals surface area contributed by atoms with Crippen molar-refractivity contribution in [3.63, 3.8) is 0 Å². The molecule has 1 aromatic rings. The third-order valence-corrected chi connectivity index (χ3v) is 6.23. The Balaban J connectivity index is 1.81. The lowest BCUT2D eigenvalue weighted by molar-refractivity contribution is 0.381. The van der Waals surface area contributed by atoms with E-state index in [9.17, 15) is 8.42 Å². The number of nitrogens with two attached hydrogens (primary N) is 1. The van der Waals surface area contributed by atoms with Gasteiger partial charge in [-0.2, -0.15) is 4.31 Å². The number of aromatic nitrogens is 2. The fourth-order valence-electron chi connectivity index (χ4n) is 1.88. The van der Waals surface area contributed by atoms with Crippen molar-refractivity contribution >= 4 is 26.5 Å². The molecule has 2 N–H and O–H groups in total. The van der Waals surface area contributed by atoms with Crippen LogP contribution in [-0.2, 0) is 10.0 Å². The average Bonchev–Trinajstić information content (AvgIpc) is 3.21. The predicted octanol–water partition coefficient (Wildman–Crippen LogP) is 0.931. The topological polar surface area (TPSA) is 89.2 Å². The van der Waals surface area contributed by atoms with Crippen LogP contribution in [0.15, 0.2) is 4.34 Å². The lowest BCUT2D eigenvalue weighted by atomic mass is 10.4. The van der Waals surface area contributed by atoms with Gasteiger partial charge in [-0.1, -0.05) is 11.3 Å². The Kier molecular flexibility index (Phi) is 3.03. The largest absolute Gasteiger partial charge is 0.374 e. The van der Waals surface area contributed by atoms with Crippen LogP contribution < -0.4 is 5.73 Å². The van der Waals surface area contributed by atoms with Crippen molar-refractivity contribution in [1.82, 2.24) is 14.5 Å². The Bertz CT molecular complexity index is 520. The van der Waals surface area contributed by atoms with Gasteiger partial charge < -0.3 is 5.73 Å². The quantitative estimate of drug-likeness (QED) is 0.841. The van der Waals surface area contributed by atoms with Crippen LogP contribution in [0, 0.1) is 11.8 Å². The zero-order valence-electron chi connectivity index (χ0n) is 9.95. The molecular formula is C10H16N4O2S2. The van der Waals surface area contributed by atoms with Crippen LogP contribution in [0.5, 0.6) is 0 Å². The van der Waals surface area contributed by atoms with Crippen molar-refractivity contribution in [3.8, 4) is 0 Å². The van der Waals surface area contributed by atoms with Crippen molar-refractivity contribution in [2.24, 2.45) is 11.8 Å². The van der Waals surface area contributed by atoms with E-state index in [0.717, 1.165) is 37.0 Å². The monoisotopic (exact) mass is 288 g/mol. The van der Waals surface area contributed by atoms with Gasteiger partial charge in [-0.25, -0.2) is 8.42 Å². The molecule has 0 amide bonds. The van der Waals surface area contributed by atoms with Gasteiger partial charge in [0, 0.05) is 13.1 Å². The molecule has 6 nitrogen and oxygen atoms in total. The lowest BCUT2D eigenvalue weighted by Crippen LogP contribution is -2.34. The van der Waals surface area contributed by atoms with E-state index in [1.54, 1.807) is 4.31 Å². The molecule has 3 rings (SSSR count). The number of sulfonamides is 1. The normalized spacial score (nSPS) is 20.5. The number of hydrogen-bond acceptors (Lipinski definition) is 6. The van der Waals surface area contributed by atoms with Gasteiger partial charge in [0.15, 0.2) is 0 Å². The first-order chi connectivity index (χ1) is 8.55. The van der Waals surface area contributed by atoms with E-state index >= 15 is 0 Å². The van der Waals surface area contributed by atoms with E-state index < -0.39 is 10.0 Å². The van der Waals surface area contributed by atoms with Gasteiger partial charge in [-0.15, -0.1) is 10.2 Å². The fourth-order valence-corrected chi connectivity index (χ4v) is 4.40. The summed E-state index contributed by atoms with van der Waals surface area (Å²) in [7, 11) is -3.49. The van der Waals surface area contributed by atoms with E-state index in [2.05, 4.69) is 10.2 Å². The molecule has 100 valence electrons. The van der Waals surface area contributed by atoms with Gasteiger partial charge in [0.05, 0.1) is 0 Å². The second-order valence-electron chi connectivity index (χ2n) is 5.11. The van der Waals surface area contributed by atoms with Crippen molar-refractivity contribution in [2.45, 2.75) is 30.0 Å². The molecule has 18 heavy (non-hydrogen) atoms. The molecule has 0 spiro atoms. The minimum Gasteiger partial charge on any atom is -0.374 e. The summed E-state index contributed by atoms with van der Waals surface area (Å²) >= 11 is 0.944. The lowest BCUT2D eigenvalue weighted by Gasteiger charge is -2.20. The highest BCUT2D eigenvalue weighted by Crippen LogP contribution is 2.36. The molecule has 0 bridgehead atoms. The SMILES string of the molecule is Nc1nnc(S(=O)(=O)N(CC2CC2)CC2CC2)s1. The van der Waals surface area contributed by atoms with Crippen LogP contribution in [0.3, 0.4) is 0 Å². The van der Waals surface area contributed by atoms with Crippen LogP contribution in [-0.4, -0.2) is 36.0 Å². The van der Waals surface area contributed by atoms with E-state index in [0.29, 0.717) is 24.9 Å². The molecule has 0 unspecified atom stereocenters. The number of anilines is 1. The molecule has 0 atom stereocenters. The van der Waals surface area contributed by atoms with Gasteiger partial charge in [-0.3, -0.25) is 0 Å². The van der Waals surface area contributed by atoms with Crippen molar-refractivity contribution in [1.29, 1.82) is 0 Å². The highest BCUT2D eigenvalue weighted by atomic mass is 32.2. The van der Waals surface area contributed by atoms with Gasteiger partial charge >= 0.3 is 0 Å². The third-order valence-electron chi connectivity index (χ3n) is 3.30. The Labute approximate surface area is 110 Å². The molecule has 2 aliphatic rings. The third kappa shape index (κ3) is 2.65. The average molecular weight is 288 g/mol. The maximum Gasteiger partial charge on any atom is 0.272 e. The van der Waals surface area contributed by atoms with E-state index in [-0.39, 0.29) is 9.47 Å². The molecule has 0 radical (unpaired) electrons. The van der Waals surface area contributed by atoms with Crippen LogP contribution in [0.4, 0.5) is 5.13 Å². The molecule has 1 aromatic heterocycles. The van der Waals surface area contributed by atoms with Crippen LogP contribution in [0.2, 0.25) is 0 Å². The van der Waals surface area contributed by atoms with Crippen molar-refractivity contribution < 1.29 is 8.42 Å².